The van der Waals surface area contributed by atoms with Gasteiger partial charge in [0, 0.05) is 7.05 Å². The van der Waals surface area contributed by atoms with Crippen LogP contribution in [0.4, 0.5) is 0 Å². The molecule has 0 aliphatic carbocycles. The summed E-state index contributed by atoms with van der Waals surface area (Å²) in [6, 6.07) is 0. The Morgan fingerprint density at radius 3 is 2.72 bits per heavy atom. The third kappa shape index (κ3) is 1.99. The molecule has 96 valence electrons. The van der Waals surface area contributed by atoms with Crippen LogP contribution in [-0.4, -0.2) is 35.9 Å². The highest BCUT2D eigenvalue weighted by atomic mass is 16.4. The van der Waals surface area contributed by atoms with Crippen LogP contribution in [0.2, 0.25) is 0 Å². The van der Waals surface area contributed by atoms with Crippen molar-refractivity contribution in [3.63, 3.8) is 0 Å². The molecule has 1 N–H and O–H groups in total. The van der Waals surface area contributed by atoms with E-state index < -0.39 is 5.97 Å². The van der Waals surface area contributed by atoms with Crippen molar-refractivity contribution in [2.75, 3.05) is 0 Å². The number of carboxylic acids is 1. The zero-order chi connectivity index (χ0) is 13.3. The second kappa shape index (κ2) is 4.59. The SMILES string of the molecule is CCCc1c(C(=O)O)nnn1-c1cn(C)nc1C. The molecule has 2 aromatic heterocycles. The number of aromatic nitrogens is 5. The average Bonchev–Trinajstić information content (AvgIpc) is 2.82. The molecule has 0 atom stereocenters. The zero-order valence-electron chi connectivity index (χ0n) is 10.6. The lowest BCUT2D eigenvalue weighted by atomic mass is 10.2. The van der Waals surface area contributed by atoms with Gasteiger partial charge in [-0.2, -0.15) is 5.10 Å². The fourth-order valence-electron chi connectivity index (χ4n) is 1.92. The lowest BCUT2D eigenvalue weighted by Gasteiger charge is -2.03. The molecule has 7 nitrogen and oxygen atoms in total. The van der Waals surface area contributed by atoms with Crippen LogP contribution in [0.25, 0.3) is 5.69 Å². The molecule has 0 aromatic carbocycles. The van der Waals surface area contributed by atoms with Gasteiger partial charge in [-0.25, -0.2) is 9.48 Å². The van der Waals surface area contributed by atoms with E-state index in [4.69, 9.17) is 5.11 Å². The Kier molecular flexibility index (Phi) is 3.14. The number of aromatic carboxylic acids is 1. The minimum absolute atomic E-state index is 0.0140. The van der Waals surface area contributed by atoms with Gasteiger partial charge >= 0.3 is 5.97 Å². The molecule has 0 saturated heterocycles. The number of carbonyl (C=O) groups is 1. The second-order valence-corrected chi connectivity index (χ2v) is 4.13. The Balaban J connectivity index is 2.57. The molecule has 0 aliphatic heterocycles. The Hall–Kier alpha value is -2.18. The zero-order valence-corrected chi connectivity index (χ0v) is 10.6. The van der Waals surface area contributed by atoms with Gasteiger partial charge in [-0.15, -0.1) is 5.10 Å². The lowest BCUT2D eigenvalue weighted by Crippen LogP contribution is -2.07. The van der Waals surface area contributed by atoms with E-state index in [1.165, 1.54) is 0 Å². The van der Waals surface area contributed by atoms with Crippen molar-refractivity contribution in [1.29, 1.82) is 0 Å². The van der Waals surface area contributed by atoms with E-state index in [1.54, 1.807) is 15.6 Å². The van der Waals surface area contributed by atoms with Crippen molar-refractivity contribution >= 4 is 5.97 Å². The van der Waals surface area contributed by atoms with Crippen LogP contribution in [0.5, 0.6) is 0 Å². The van der Waals surface area contributed by atoms with E-state index in [9.17, 15) is 4.79 Å². The summed E-state index contributed by atoms with van der Waals surface area (Å²) in [5, 5.41) is 21.0. The minimum Gasteiger partial charge on any atom is -0.476 e. The quantitative estimate of drug-likeness (QED) is 0.872. The molecule has 2 rings (SSSR count). The number of aryl methyl sites for hydroxylation is 2. The standard InChI is InChI=1S/C11H15N5O2/c1-4-5-8-10(11(17)18)12-14-16(8)9-6-15(3)13-7(9)2/h6H,4-5H2,1-3H3,(H,17,18). The van der Waals surface area contributed by atoms with Crippen molar-refractivity contribution in [3.8, 4) is 5.69 Å². The number of hydrogen-bond donors (Lipinski definition) is 1. The van der Waals surface area contributed by atoms with E-state index in [1.807, 2.05) is 20.9 Å². The monoisotopic (exact) mass is 249 g/mol. The summed E-state index contributed by atoms with van der Waals surface area (Å²) in [6.07, 6.45) is 3.24. The summed E-state index contributed by atoms with van der Waals surface area (Å²) in [5.41, 5.74) is 2.18. The predicted octanol–water partition coefficient (Wildman–Crippen LogP) is 0.960. The van der Waals surface area contributed by atoms with Crippen LogP contribution in [-0.2, 0) is 13.5 Å². The normalized spacial score (nSPS) is 10.8. The molecule has 0 spiro atoms. The van der Waals surface area contributed by atoms with Crippen LogP contribution >= 0.6 is 0 Å². The smallest absolute Gasteiger partial charge is 0.358 e. The van der Waals surface area contributed by atoms with Crippen molar-refractivity contribution in [1.82, 2.24) is 24.8 Å². The first-order valence-corrected chi connectivity index (χ1v) is 5.73. The summed E-state index contributed by atoms with van der Waals surface area (Å²) in [4.78, 5) is 11.1. The van der Waals surface area contributed by atoms with Gasteiger partial charge in [0.15, 0.2) is 5.69 Å². The Labute approximate surface area is 104 Å². The summed E-state index contributed by atoms with van der Waals surface area (Å²) < 4.78 is 3.23. The maximum atomic E-state index is 11.1. The molecular weight excluding hydrogens is 234 g/mol. The Morgan fingerprint density at radius 2 is 2.22 bits per heavy atom. The van der Waals surface area contributed by atoms with Crippen LogP contribution in [0, 0.1) is 6.92 Å². The van der Waals surface area contributed by atoms with Crippen LogP contribution in [0.1, 0.15) is 35.2 Å². The number of nitrogens with zero attached hydrogens (tertiary/aromatic N) is 5. The fourth-order valence-corrected chi connectivity index (χ4v) is 1.92. The summed E-state index contributed by atoms with van der Waals surface area (Å²) >= 11 is 0. The van der Waals surface area contributed by atoms with E-state index in [2.05, 4.69) is 15.4 Å². The molecule has 7 heteroatoms. The van der Waals surface area contributed by atoms with E-state index >= 15 is 0 Å². The van der Waals surface area contributed by atoms with Gasteiger partial charge in [-0.05, 0) is 13.3 Å². The highest BCUT2D eigenvalue weighted by Gasteiger charge is 2.20. The molecule has 2 heterocycles. The third-order valence-electron chi connectivity index (χ3n) is 2.67. The fraction of sp³-hybridized carbons (Fsp3) is 0.455. The van der Waals surface area contributed by atoms with Crippen LogP contribution in [0.15, 0.2) is 6.20 Å². The van der Waals surface area contributed by atoms with Gasteiger partial charge in [0.05, 0.1) is 17.6 Å². The molecule has 0 unspecified atom stereocenters. The van der Waals surface area contributed by atoms with E-state index in [0.29, 0.717) is 12.1 Å². The molecule has 0 amide bonds. The molecule has 0 radical (unpaired) electrons. The Morgan fingerprint density at radius 1 is 1.50 bits per heavy atom. The van der Waals surface area contributed by atoms with Crippen LogP contribution in [0.3, 0.4) is 0 Å². The van der Waals surface area contributed by atoms with Gasteiger partial charge in [0.25, 0.3) is 0 Å². The topological polar surface area (TPSA) is 85.8 Å². The molecule has 0 saturated carbocycles. The molecule has 2 aromatic rings. The Bertz CT molecular complexity index is 584. The highest BCUT2D eigenvalue weighted by Crippen LogP contribution is 2.17. The second-order valence-electron chi connectivity index (χ2n) is 4.13. The maximum absolute atomic E-state index is 11.1. The predicted molar refractivity (Wildman–Crippen MR) is 63.8 cm³/mol. The summed E-state index contributed by atoms with van der Waals surface area (Å²) in [7, 11) is 1.81. The minimum atomic E-state index is -1.05. The highest BCUT2D eigenvalue weighted by molar-refractivity contribution is 5.86. The van der Waals surface area contributed by atoms with Crippen molar-refractivity contribution in [3.05, 3.63) is 23.3 Å². The van der Waals surface area contributed by atoms with Crippen molar-refractivity contribution in [2.24, 2.45) is 7.05 Å². The van der Waals surface area contributed by atoms with Crippen molar-refractivity contribution in [2.45, 2.75) is 26.7 Å². The maximum Gasteiger partial charge on any atom is 0.358 e. The molecule has 0 fully saturated rings. The van der Waals surface area contributed by atoms with Gasteiger partial charge in [0.2, 0.25) is 0 Å². The van der Waals surface area contributed by atoms with E-state index in [-0.39, 0.29) is 5.69 Å². The molecule has 0 aliphatic rings. The van der Waals surface area contributed by atoms with Gasteiger partial charge in [-0.3, -0.25) is 4.68 Å². The first kappa shape index (κ1) is 12.3. The number of carboxylic acid groups (broad SMARTS) is 1. The van der Waals surface area contributed by atoms with Crippen LogP contribution < -0.4 is 0 Å². The molecular formula is C11H15N5O2. The van der Waals surface area contributed by atoms with Gasteiger partial charge in [-0.1, -0.05) is 18.6 Å². The average molecular weight is 249 g/mol. The van der Waals surface area contributed by atoms with Gasteiger partial charge in [0.1, 0.15) is 5.69 Å². The first-order chi connectivity index (χ1) is 8.54. The van der Waals surface area contributed by atoms with E-state index in [0.717, 1.165) is 17.8 Å². The van der Waals surface area contributed by atoms with Crippen molar-refractivity contribution < 1.29 is 9.90 Å². The van der Waals surface area contributed by atoms with Gasteiger partial charge < -0.3 is 5.11 Å². The first-order valence-electron chi connectivity index (χ1n) is 5.73. The summed E-state index contributed by atoms with van der Waals surface area (Å²) in [5.74, 6) is -1.05. The number of hydrogen-bond acceptors (Lipinski definition) is 4. The third-order valence-corrected chi connectivity index (χ3v) is 2.67. The lowest BCUT2D eigenvalue weighted by molar-refractivity contribution is 0.0689. The summed E-state index contributed by atoms with van der Waals surface area (Å²) in [6.45, 7) is 3.84. The number of rotatable bonds is 4. The molecule has 18 heavy (non-hydrogen) atoms. The largest absolute Gasteiger partial charge is 0.476 e. The molecule has 0 bridgehead atoms.